The minimum atomic E-state index is -0.188. The van der Waals surface area contributed by atoms with Gasteiger partial charge in [-0.2, -0.15) is 5.26 Å². The first-order valence-electron chi connectivity index (χ1n) is 5.28. The fraction of sp³-hybridized carbons (Fsp3) is 0.333. The van der Waals surface area contributed by atoms with Crippen molar-refractivity contribution in [1.29, 1.82) is 5.26 Å². The summed E-state index contributed by atoms with van der Waals surface area (Å²) in [5.74, 6) is -0.124. The van der Waals surface area contributed by atoms with Crippen molar-refractivity contribution >= 4 is 11.6 Å². The van der Waals surface area contributed by atoms with Crippen molar-refractivity contribution in [2.75, 3.05) is 11.9 Å². The van der Waals surface area contributed by atoms with E-state index in [-0.39, 0.29) is 17.9 Å². The molecule has 4 heteroatoms. The molecule has 2 unspecified atom stereocenters. The lowest BCUT2D eigenvalue weighted by atomic mass is 10.1. The van der Waals surface area contributed by atoms with Gasteiger partial charge in [-0.25, -0.2) is 0 Å². The molecule has 16 heavy (non-hydrogen) atoms. The number of para-hydroxylation sites is 1. The van der Waals surface area contributed by atoms with Crippen LogP contribution in [0.2, 0.25) is 0 Å². The summed E-state index contributed by atoms with van der Waals surface area (Å²) >= 11 is 0. The molecule has 1 aromatic rings. The van der Waals surface area contributed by atoms with E-state index in [0.717, 1.165) is 5.69 Å². The van der Waals surface area contributed by atoms with Gasteiger partial charge in [0.1, 0.15) is 0 Å². The maximum atomic E-state index is 11.8. The van der Waals surface area contributed by atoms with Crippen LogP contribution in [0, 0.1) is 17.2 Å². The highest BCUT2D eigenvalue weighted by atomic mass is 16.1. The lowest BCUT2D eigenvalue weighted by Crippen LogP contribution is -2.24. The summed E-state index contributed by atoms with van der Waals surface area (Å²) in [6.45, 7) is 0.580. The molecule has 1 aromatic carbocycles. The van der Waals surface area contributed by atoms with E-state index in [1.807, 2.05) is 30.3 Å². The highest BCUT2D eigenvalue weighted by molar-refractivity contribution is 5.92. The van der Waals surface area contributed by atoms with E-state index >= 15 is 0 Å². The topological polar surface area (TPSA) is 64.9 Å². The van der Waals surface area contributed by atoms with Crippen LogP contribution in [-0.2, 0) is 4.79 Å². The number of nitriles is 1. The van der Waals surface area contributed by atoms with Crippen LogP contribution < -0.4 is 10.6 Å². The van der Waals surface area contributed by atoms with E-state index in [0.29, 0.717) is 13.0 Å². The van der Waals surface area contributed by atoms with Gasteiger partial charge in [-0.1, -0.05) is 18.2 Å². The van der Waals surface area contributed by atoms with Gasteiger partial charge in [0.05, 0.1) is 18.0 Å². The molecule has 1 aliphatic rings. The Bertz CT molecular complexity index is 410. The molecule has 4 nitrogen and oxygen atoms in total. The molecule has 2 N–H and O–H groups in total. The summed E-state index contributed by atoms with van der Waals surface area (Å²) in [6.07, 6.45) is 0.592. The number of nitrogens with one attached hydrogen (secondary N) is 2. The smallest absolute Gasteiger partial charge is 0.228 e. The second kappa shape index (κ2) is 4.77. The highest BCUT2D eigenvalue weighted by Crippen LogP contribution is 2.16. The first-order valence-corrected chi connectivity index (χ1v) is 5.28. The van der Waals surface area contributed by atoms with Crippen LogP contribution in [0.4, 0.5) is 5.69 Å². The van der Waals surface area contributed by atoms with Crippen molar-refractivity contribution in [3.8, 4) is 6.07 Å². The van der Waals surface area contributed by atoms with Crippen molar-refractivity contribution in [3.05, 3.63) is 30.3 Å². The van der Waals surface area contributed by atoms with E-state index in [1.54, 1.807) is 0 Å². The van der Waals surface area contributed by atoms with Crippen LogP contribution >= 0.6 is 0 Å². The number of carbonyl (C=O) groups excluding carboxylic acids is 1. The molecule has 1 aliphatic heterocycles. The Morgan fingerprint density at radius 3 is 2.81 bits per heavy atom. The molecule has 2 atom stereocenters. The van der Waals surface area contributed by atoms with Gasteiger partial charge in [-0.05, 0) is 18.6 Å². The van der Waals surface area contributed by atoms with Crippen molar-refractivity contribution in [2.24, 2.45) is 5.92 Å². The summed E-state index contributed by atoms with van der Waals surface area (Å²) in [7, 11) is 0. The largest absolute Gasteiger partial charge is 0.326 e. The first kappa shape index (κ1) is 10.7. The van der Waals surface area contributed by atoms with Crippen molar-refractivity contribution < 1.29 is 4.79 Å². The molecule has 1 saturated heterocycles. The van der Waals surface area contributed by atoms with Gasteiger partial charge >= 0.3 is 0 Å². The Kier molecular flexibility index (Phi) is 3.18. The third-order valence-electron chi connectivity index (χ3n) is 2.70. The Labute approximate surface area is 94.3 Å². The van der Waals surface area contributed by atoms with Gasteiger partial charge in [-0.15, -0.1) is 0 Å². The number of hydrogen-bond donors (Lipinski definition) is 2. The zero-order valence-electron chi connectivity index (χ0n) is 8.81. The fourth-order valence-electron chi connectivity index (χ4n) is 1.80. The van der Waals surface area contributed by atoms with Gasteiger partial charge < -0.3 is 10.6 Å². The van der Waals surface area contributed by atoms with E-state index < -0.39 is 0 Å². The first-order chi connectivity index (χ1) is 7.79. The van der Waals surface area contributed by atoms with Crippen molar-refractivity contribution in [2.45, 2.75) is 12.5 Å². The summed E-state index contributed by atoms with van der Waals surface area (Å²) in [4.78, 5) is 11.8. The van der Waals surface area contributed by atoms with Gasteiger partial charge in [-0.3, -0.25) is 4.79 Å². The molecular formula is C12H13N3O. The number of amides is 1. The average molecular weight is 215 g/mol. The zero-order chi connectivity index (χ0) is 11.4. The molecule has 0 spiro atoms. The predicted molar refractivity (Wildman–Crippen MR) is 60.6 cm³/mol. The van der Waals surface area contributed by atoms with Crippen LogP contribution in [0.1, 0.15) is 6.42 Å². The third kappa shape index (κ3) is 2.38. The van der Waals surface area contributed by atoms with E-state index in [2.05, 4.69) is 16.7 Å². The lowest BCUT2D eigenvalue weighted by molar-refractivity contribution is -0.119. The molecule has 0 bridgehead atoms. The van der Waals surface area contributed by atoms with Crippen molar-refractivity contribution in [1.82, 2.24) is 5.32 Å². The normalized spacial score (nSPS) is 23.7. The Balaban J connectivity index is 1.93. The second-order valence-corrected chi connectivity index (χ2v) is 3.88. The van der Waals surface area contributed by atoms with Crippen LogP contribution in [0.3, 0.4) is 0 Å². The number of benzene rings is 1. The SMILES string of the molecule is N#CC1CC(C(=O)Nc2ccccc2)CN1. The minimum absolute atomic E-state index is 0.0172. The molecule has 1 fully saturated rings. The van der Waals surface area contributed by atoms with Crippen LogP contribution in [-0.4, -0.2) is 18.5 Å². The van der Waals surface area contributed by atoms with Gasteiger partial charge in [0.25, 0.3) is 0 Å². The second-order valence-electron chi connectivity index (χ2n) is 3.88. The molecular weight excluding hydrogens is 202 g/mol. The standard InChI is InChI=1S/C12H13N3O/c13-7-11-6-9(8-14-11)12(16)15-10-4-2-1-3-5-10/h1-5,9,11,14H,6,8H2,(H,15,16). The summed E-state index contributed by atoms with van der Waals surface area (Å²) in [5, 5.41) is 14.6. The number of rotatable bonds is 2. The summed E-state index contributed by atoms with van der Waals surface area (Å²) in [5.41, 5.74) is 0.799. The molecule has 0 saturated carbocycles. The minimum Gasteiger partial charge on any atom is -0.326 e. The fourth-order valence-corrected chi connectivity index (χ4v) is 1.80. The predicted octanol–water partition coefficient (Wildman–Crippen LogP) is 1.13. The zero-order valence-corrected chi connectivity index (χ0v) is 8.81. The van der Waals surface area contributed by atoms with Gasteiger partial charge in [0.15, 0.2) is 0 Å². The number of carbonyl (C=O) groups is 1. The number of anilines is 1. The Hall–Kier alpha value is -1.86. The molecule has 0 radical (unpaired) electrons. The van der Waals surface area contributed by atoms with Crippen LogP contribution in [0.5, 0.6) is 0 Å². The quantitative estimate of drug-likeness (QED) is 0.777. The molecule has 0 aliphatic carbocycles. The van der Waals surface area contributed by atoms with E-state index in [9.17, 15) is 4.79 Å². The van der Waals surface area contributed by atoms with Gasteiger partial charge in [0, 0.05) is 12.2 Å². The maximum Gasteiger partial charge on any atom is 0.228 e. The van der Waals surface area contributed by atoms with E-state index in [4.69, 9.17) is 5.26 Å². The molecule has 82 valence electrons. The Morgan fingerprint density at radius 2 is 2.19 bits per heavy atom. The van der Waals surface area contributed by atoms with Crippen LogP contribution in [0.25, 0.3) is 0 Å². The Morgan fingerprint density at radius 1 is 1.44 bits per heavy atom. The number of hydrogen-bond acceptors (Lipinski definition) is 3. The molecule has 2 rings (SSSR count). The highest BCUT2D eigenvalue weighted by Gasteiger charge is 2.29. The molecule has 1 amide bonds. The molecule has 0 aromatic heterocycles. The maximum absolute atomic E-state index is 11.8. The van der Waals surface area contributed by atoms with Crippen LogP contribution in [0.15, 0.2) is 30.3 Å². The lowest BCUT2D eigenvalue weighted by Gasteiger charge is -2.09. The summed E-state index contributed by atoms with van der Waals surface area (Å²) < 4.78 is 0. The van der Waals surface area contributed by atoms with Crippen molar-refractivity contribution in [3.63, 3.8) is 0 Å². The number of nitrogens with zero attached hydrogens (tertiary/aromatic N) is 1. The van der Waals surface area contributed by atoms with Gasteiger partial charge in [0.2, 0.25) is 5.91 Å². The monoisotopic (exact) mass is 215 g/mol. The molecule has 1 heterocycles. The third-order valence-corrected chi connectivity index (χ3v) is 2.70. The average Bonchev–Trinajstić information content (AvgIpc) is 2.79. The summed E-state index contributed by atoms with van der Waals surface area (Å²) in [6, 6.07) is 11.3. The van der Waals surface area contributed by atoms with E-state index in [1.165, 1.54) is 0 Å².